The number of pyridine rings is 1. The fourth-order valence-electron chi connectivity index (χ4n) is 3.71. The molecule has 0 fully saturated rings. The summed E-state index contributed by atoms with van der Waals surface area (Å²) in [5.41, 5.74) is 9.13. The predicted molar refractivity (Wildman–Crippen MR) is 126 cm³/mol. The topological polar surface area (TPSA) is 114 Å². The van der Waals surface area contributed by atoms with Crippen molar-refractivity contribution in [2.75, 3.05) is 5.32 Å². The van der Waals surface area contributed by atoms with Crippen molar-refractivity contribution in [2.24, 2.45) is 10.9 Å². The van der Waals surface area contributed by atoms with Crippen molar-refractivity contribution >= 4 is 22.5 Å². The number of hydrogen-bond donors (Lipinski definition) is 3. The van der Waals surface area contributed by atoms with E-state index in [1.807, 2.05) is 43.3 Å². The number of rotatable bonds is 5. The maximum Gasteiger partial charge on any atom is 0.196 e. The van der Waals surface area contributed by atoms with Crippen molar-refractivity contribution in [3.63, 3.8) is 0 Å². The van der Waals surface area contributed by atoms with Gasteiger partial charge in [0.2, 0.25) is 0 Å². The zero-order chi connectivity index (χ0) is 23.8. The molecule has 2 heterocycles. The fraction of sp³-hybridized carbons (Fsp3) is 0.160. The molecule has 2 aromatic carbocycles. The number of amidine groups is 1. The Labute approximate surface area is 186 Å². The Morgan fingerprint density at radius 3 is 2.69 bits per heavy atom. The van der Waals surface area contributed by atoms with Gasteiger partial charge >= 0.3 is 0 Å². The molecule has 162 valence electrons. The molecule has 0 saturated heterocycles. The van der Waals surface area contributed by atoms with Crippen molar-refractivity contribution in [1.29, 1.82) is 0 Å². The molecule has 0 aliphatic rings. The molecule has 0 spiro atoms. The maximum atomic E-state index is 13.3. The Kier molecular flexibility index (Phi) is 5.29. The third-order valence-corrected chi connectivity index (χ3v) is 5.28. The number of benzene rings is 2. The molecular weight excluding hydrogens is 404 g/mol. The average Bonchev–Trinajstić information content (AvgIpc) is 2.81. The fourth-order valence-corrected chi connectivity index (χ4v) is 3.71. The van der Waals surface area contributed by atoms with Gasteiger partial charge in [0.25, 0.3) is 0 Å². The van der Waals surface area contributed by atoms with Crippen LogP contribution in [0, 0.1) is 13.8 Å². The summed E-state index contributed by atoms with van der Waals surface area (Å²) in [5.74, 6) is 0.282. The van der Waals surface area contributed by atoms with E-state index in [0.717, 1.165) is 11.1 Å². The highest BCUT2D eigenvalue weighted by molar-refractivity contribution is 6.00. The molecule has 1 unspecified atom stereocenters. The molecule has 0 saturated carbocycles. The van der Waals surface area contributed by atoms with Gasteiger partial charge in [-0.3, -0.25) is 9.78 Å². The lowest BCUT2D eigenvalue weighted by molar-refractivity contribution is 0.318. The van der Waals surface area contributed by atoms with Crippen LogP contribution in [0.2, 0.25) is 0 Å². The molecule has 0 bridgehead atoms. The van der Waals surface area contributed by atoms with Gasteiger partial charge in [-0.15, -0.1) is 0 Å². The maximum absolute atomic E-state index is 13.3. The van der Waals surface area contributed by atoms with Crippen molar-refractivity contribution in [2.45, 2.75) is 26.8 Å². The Balaban J connectivity index is 1.94. The van der Waals surface area contributed by atoms with Gasteiger partial charge in [0, 0.05) is 22.9 Å². The van der Waals surface area contributed by atoms with Crippen LogP contribution in [0.1, 0.15) is 36.7 Å². The van der Waals surface area contributed by atoms with Crippen molar-refractivity contribution in [1.82, 2.24) is 4.98 Å². The molecule has 0 radical (unpaired) electrons. The summed E-state index contributed by atoms with van der Waals surface area (Å²) in [6, 6.07) is 14.9. The normalized spacial score (nSPS) is 14.1. The number of hydrogen-bond acceptors (Lipinski definition) is 6. The van der Waals surface area contributed by atoms with Crippen LogP contribution in [0.25, 0.3) is 22.3 Å². The summed E-state index contributed by atoms with van der Waals surface area (Å²) in [5, 5.41) is 15.6. The summed E-state index contributed by atoms with van der Waals surface area (Å²) in [6.07, 6.45) is 1.51. The highest BCUT2D eigenvalue weighted by Gasteiger charge is 2.20. The van der Waals surface area contributed by atoms with E-state index >= 15 is 0 Å². The van der Waals surface area contributed by atoms with E-state index in [-0.39, 0.29) is 17.0 Å². The monoisotopic (exact) mass is 429 g/mol. The number of oxime groups is 1. The van der Waals surface area contributed by atoms with Gasteiger partial charge in [0.05, 0.1) is 18.5 Å². The second kappa shape index (κ2) is 8.55. The summed E-state index contributed by atoms with van der Waals surface area (Å²) in [4.78, 5) is 17.4. The minimum absolute atomic E-state index is 0.144. The number of nitrogens with two attached hydrogens (primary N) is 1. The Hall–Kier alpha value is -4.13. The average molecular weight is 429 g/mol. The molecule has 0 aliphatic carbocycles. The van der Waals surface area contributed by atoms with E-state index in [2.05, 4.69) is 15.5 Å². The molecule has 4 aromatic rings. The second-order valence-corrected chi connectivity index (χ2v) is 7.58. The molecular formula is C25H24N4O3. The van der Waals surface area contributed by atoms with Crippen LogP contribution in [-0.4, -0.2) is 16.0 Å². The van der Waals surface area contributed by atoms with Crippen molar-refractivity contribution in [3.8, 4) is 11.3 Å². The molecule has 0 aliphatic heterocycles. The lowest BCUT2D eigenvalue weighted by Gasteiger charge is -2.20. The number of aryl methyl sites for hydroxylation is 1. The van der Waals surface area contributed by atoms with Gasteiger partial charge < -0.3 is 20.7 Å². The third kappa shape index (κ3) is 3.80. The molecule has 7 heteroatoms. The van der Waals surface area contributed by atoms with Crippen LogP contribution in [0.3, 0.4) is 0 Å². The van der Waals surface area contributed by atoms with Gasteiger partial charge in [-0.1, -0.05) is 41.6 Å². The van der Waals surface area contributed by atoms with Gasteiger partial charge in [0.15, 0.2) is 11.3 Å². The van der Waals surface area contributed by atoms with E-state index in [0.29, 0.717) is 33.5 Å². The standard InChI is InChI=1S/C25H24N4O3/c1-14-12-18(16(3)28-20-10-7-11-27-21(20)25(26)29-31)24-19(13-14)22(30)15(2)23(32-24)17-8-5-4-6-9-17/h4-13,16,28,31H,1-3H3,(H2,26,29)/i16D. The van der Waals surface area contributed by atoms with Crippen LogP contribution >= 0.6 is 0 Å². The molecule has 1 atom stereocenters. The zero-order valence-electron chi connectivity index (χ0n) is 19.0. The number of nitrogens with one attached hydrogen (secondary N) is 1. The Morgan fingerprint density at radius 1 is 1.22 bits per heavy atom. The van der Waals surface area contributed by atoms with E-state index < -0.39 is 6.02 Å². The summed E-state index contributed by atoms with van der Waals surface area (Å²) in [6.45, 7) is 5.25. The lowest BCUT2D eigenvalue weighted by atomic mass is 9.98. The van der Waals surface area contributed by atoms with Crippen molar-refractivity contribution < 1.29 is 11.0 Å². The first kappa shape index (κ1) is 19.8. The molecule has 4 rings (SSSR count). The van der Waals surface area contributed by atoms with Crippen LogP contribution in [0.15, 0.2) is 75.2 Å². The SMILES string of the molecule is [2H]C(C)(Nc1cccnc1C(N)=NO)c1cc(C)cc2c(=O)c(C)c(-c3ccccc3)oc12. The van der Waals surface area contributed by atoms with Crippen molar-refractivity contribution in [3.05, 3.63) is 93.4 Å². The third-order valence-electron chi connectivity index (χ3n) is 5.28. The first-order chi connectivity index (χ1) is 15.7. The summed E-state index contributed by atoms with van der Waals surface area (Å²) in [7, 11) is 0. The quantitative estimate of drug-likeness (QED) is 0.183. The molecule has 32 heavy (non-hydrogen) atoms. The van der Waals surface area contributed by atoms with Gasteiger partial charge in [-0.25, -0.2) is 0 Å². The Bertz CT molecular complexity index is 1430. The number of fused-ring (bicyclic) bond motifs is 1. The van der Waals surface area contributed by atoms with Crippen LogP contribution in [-0.2, 0) is 0 Å². The number of nitrogens with zero attached hydrogens (tertiary/aromatic N) is 2. The highest BCUT2D eigenvalue weighted by Crippen LogP contribution is 2.32. The first-order valence-corrected chi connectivity index (χ1v) is 10.1. The molecule has 7 nitrogen and oxygen atoms in total. The van der Waals surface area contributed by atoms with Gasteiger partial charge in [0.1, 0.15) is 17.0 Å². The van der Waals surface area contributed by atoms with E-state index in [1.54, 1.807) is 32.0 Å². The van der Waals surface area contributed by atoms with Crippen LogP contribution < -0.4 is 16.5 Å². The zero-order valence-corrected chi connectivity index (χ0v) is 18.0. The van der Waals surface area contributed by atoms with E-state index in [4.69, 9.17) is 16.7 Å². The van der Waals surface area contributed by atoms with Gasteiger partial charge in [-0.05, 0) is 44.5 Å². The highest BCUT2D eigenvalue weighted by atomic mass is 16.4. The lowest BCUT2D eigenvalue weighted by Crippen LogP contribution is -2.19. The second-order valence-electron chi connectivity index (χ2n) is 7.58. The minimum atomic E-state index is -1.45. The van der Waals surface area contributed by atoms with Crippen LogP contribution in [0.4, 0.5) is 5.69 Å². The van der Waals surface area contributed by atoms with Gasteiger partial charge in [-0.2, -0.15) is 0 Å². The molecule has 0 amide bonds. The number of aromatic nitrogens is 1. The van der Waals surface area contributed by atoms with E-state index in [9.17, 15) is 4.79 Å². The van der Waals surface area contributed by atoms with Crippen LogP contribution in [0.5, 0.6) is 0 Å². The molecule has 2 aromatic heterocycles. The predicted octanol–water partition coefficient (Wildman–Crippen LogP) is 4.74. The smallest absolute Gasteiger partial charge is 0.196 e. The summed E-state index contributed by atoms with van der Waals surface area (Å²) < 4.78 is 15.4. The molecule has 4 N–H and O–H groups in total. The minimum Gasteiger partial charge on any atom is -0.455 e. The summed E-state index contributed by atoms with van der Waals surface area (Å²) >= 11 is 0. The first-order valence-electron chi connectivity index (χ1n) is 10.6. The van der Waals surface area contributed by atoms with E-state index in [1.165, 1.54) is 6.20 Å². The number of anilines is 1. The Morgan fingerprint density at radius 2 is 1.97 bits per heavy atom. The largest absolute Gasteiger partial charge is 0.455 e.